The lowest BCUT2D eigenvalue weighted by molar-refractivity contribution is 0.0903. The summed E-state index contributed by atoms with van der Waals surface area (Å²) in [7, 11) is 0. The molecule has 4 N–H and O–H groups in total. The van der Waals surface area contributed by atoms with E-state index in [1.807, 2.05) is 45.9 Å². The Labute approximate surface area is 164 Å². The van der Waals surface area contributed by atoms with Crippen molar-refractivity contribution in [2.75, 3.05) is 26.3 Å². The molecule has 27 heavy (non-hydrogen) atoms. The van der Waals surface area contributed by atoms with Crippen molar-refractivity contribution in [3.8, 4) is 11.5 Å². The van der Waals surface area contributed by atoms with E-state index in [9.17, 15) is 10.2 Å². The fourth-order valence-electron chi connectivity index (χ4n) is 2.48. The number of benzene rings is 1. The van der Waals surface area contributed by atoms with Gasteiger partial charge in [0, 0.05) is 30.7 Å². The van der Waals surface area contributed by atoms with Crippen LogP contribution in [0.1, 0.15) is 53.0 Å². The van der Waals surface area contributed by atoms with E-state index >= 15 is 0 Å². The lowest BCUT2D eigenvalue weighted by atomic mass is 10.0. The lowest BCUT2D eigenvalue weighted by Gasteiger charge is -2.21. The molecule has 0 heterocycles. The Morgan fingerprint density at radius 3 is 1.81 bits per heavy atom. The molecule has 156 valence electrons. The van der Waals surface area contributed by atoms with E-state index in [0.717, 1.165) is 5.56 Å². The molecule has 1 aromatic rings. The topological polar surface area (TPSA) is 83.0 Å². The number of aliphatic hydroxyl groups excluding tert-OH is 2. The summed E-state index contributed by atoms with van der Waals surface area (Å²) in [5.74, 6) is 1.48. The first-order valence-electron chi connectivity index (χ1n) is 9.92. The van der Waals surface area contributed by atoms with Gasteiger partial charge in [-0.2, -0.15) is 0 Å². The first kappa shape index (κ1) is 23.7. The van der Waals surface area contributed by atoms with E-state index in [0.29, 0.717) is 36.7 Å². The van der Waals surface area contributed by atoms with Crippen molar-refractivity contribution in [2.24, 2.45) is 0 Å². The maximum absolute atomic E-state index is 10.1. The molecule has 0 aromatic heterocycles. The molecule has 0 saturated carbocycles. The van der Waals surface area contributed by atoms with Gasteiger partial charge in [0.25, 0.3) is 0 Å². The molecule has 0 aliphatic rings. The highest BCUT2D eigenvalue weighted by Crippen LogP contribution is 2.35. The van der Waals surface area contributed by atoms with Crippen LogP contribution in [-0.4, -0.2) is 60.8 Å². The summed E-state index contributed by atoms with van der Waals surface area (Å²) in [6, 6.07) is 6.38. The number of hydrogen-bond donors (Lipinski definition) is 4. The van der Waals surface area contributed by atoms with Crippen LogP contribution in [0, 0.1) is 0 Å². The fourth-order valence-corrected chi connectivity index (χ4v) is 2.48. The third kappa shape index (κ3) is 9.42. The van der Waals surface area contributed by atoms with Crippen LogP contribution in [-0.2, 0) is 0 Å². The fraction of sp³-hybridized carbons (Fsp3) is 0.714. The summed E-state index contributed by atoms with van der Waals surface area (Å²) in [4.78, 5) is 0. The summed E-state index contributed by atoms with van der Waals surface area (Å²) in [6.07, 6.45) is -1.22. The molecule has 0 aliphatic carbocycles. The Kier molecular flexibility index (Phi) is 10.7. The lowest BCUT2D eigenvalue weighted by Crippen LogP contribution is -2.35. The number of ether oxygens (including phenoxy) is 2. The van der Waals surface area contributed by atoms with Crippen molar-refractivity contribution in [1.82, 2.24) is 10.6 Å². The Balaban J connectivity index is 2.75. The van der Waals surface area contributed by atoms with Crippen LogP contribution in [0.3, 0.4) is 0 Å². The quantitative estimate of drug-likeness (QED) is 0.419. The summed E-state index contributed by atoms with van der Waals surface area (Å²) >= 11 is 0. The van der Waals surface area contributed by atoms with Gasteiger partial charge in [-0.3, -0.25) is 0 Å². The highest BCUT2D eigenvalue weighted by atomic mass is 16.5. The van der Waals surface area contributed by atoms with Crippen molar-refractivity contribution in [3.63, 3.8) is 0 Å². The van der Waals surface area contributed by atoms with Gasteiger partial charge in [-0.05, 0) is 12.0 Å². The minimum Gasteiger partial charge on any atom is -0.487 e. The third-order valence-corrected chi connectivity index (χ3v) is 4.01. The molecule has 0 saturated heterocycles. The first-order valence-corrected chi connectivity index (χ1v) is 9.92. The third-order valence-electron chi connectivity index (χ3n) is 4.01. The highest BCUT2D eigenvalue weighted by molar-refractivity contribution is 5.48. The Morgan fingerprint density at radius 1 is 0.815 bits per heavy atom. The van der Waals surface area contributed by atoms with Crippen LogP contribution in [0.4, 0.5) is 0 Å². The standard InChI is InChI=1S/C21H38N2O4/c1-14(2)19-8-7-9-20(26-12-17(24)10-22-15(3)4)21(19)27-13-18(25)11-23-16(5)6/h7-9,14-18,22-25H,10-13H2,1-6H3/t17-,18-/m1/s1. The van der Waals surface area contributed by atoms with E-state index in [-0.39, 0.29) is 19.1 Å². The van der Waals surface area contributed by atoms with E-state index in [4.69, 9.17) is 9.47 Å². The molecular weight excluding hydrogens is 344 g/mol. The summed E-state index contributed by atoms with van der Waals surface area (Å²) in [5.41, 5.74) is 1.02. The summed E-state index contributed by atoms with van der Waals surface area (Å²) in [5, 5.41) is 26.6. The predicted octanol–water partition coefficient (Wildman–Crippen LogP) is 2.29. The van der Waals surface area contributed by atoms with Gasteiger partial charge < -0.3 is 30.3 Å². The van der Waals surface area contributed by atoms with E-state index in [1.54, 1.807) is 0 Å². The average Bonchev–Trinajstić information content (AvgIpc) is 2.61. The number of para-hydroxylation sites is 1. The second kappa shape index (κ2) is 12.2. The number of nitrogens with one attached hydrogen (secondary N) is 2. The van der Waals surface area contributed by atoms with Gasteiger partial charge in [-0.25, -0.2) is 0 Å². The Morgan fingerprint density at radius 2 is 1.33 bits per heavy atom. The van der Waals surface area contributed by atoms with Gasteiger partial charge in [0.1, 0.15) is 25.4 Å². The van der Waals surface area contributed by atoms with Crippen molar-refractivity contribution >= 4 is 0 Å². The molecule has 6 nitrogen and oxygen atoms in total. The molecule has 0 bridgehead atoms. The minimum atomic E-state index is -0.610. The predicted molar refractivity (Wildman–Crippen MR) is 110 cm³/mol. The van der Waals surface area contributed by atoms with Crippen molar-refractivity contribution in [3.05, 3.63) is 23.8 Å². The Bertz CT molecular complexity index is 535. The van der Waals surface area contributed by atoms with Crippen LogP contribution in [0.5, 0.6) is 11.5 Å². The number of rotatable bonds is 13. The molecule has 1 rings (SSSR count). The molecule has 0 radical (unpaired) electrons. The van der Waals surface area contributed by atoms with Crippen LogP contribution >= 0.6 is 0 Å². The maximum Gasteiger partial charge on any atom is 0.164 e. The van der Waals surface area contributed by atoms with Crippen LogP contribution < -0.4 is 20.1 Å². The zero-order valence-corrected chi connectivity index (χ0v) is 17.7. The van der Waals surface area contributed by atoms with Crippen LogP contribution in [0.15, 0.2) is 18.2 Å². The summed E-state index contributed by atoms with van der Waals surface area (Å²) < 4.78 is 11.8. The molecule has 2 atom stereocenters. The smallest absolute Gasteiger partial charge is 0.164 e. The monoisotopic (exact) mass is 382 g/mol. The molecule has 1 aromatic carbocycles. The van der Waals surface area contributed by atoms with Gasteiger partial charge in [0.05, 0.1) is 0 Å². The van der Waals surface area contributed by atoms with E-state index in [1.165, 1.54) is 0 Å². The maximum atomic E-state index is 10.1. The van der Waals surface area contributed by atoms with Crippen molar-refractivity contribution < 1.29 is 19.7 Å². The second-order valence-corrected chi connectivity index (χ2v) is 7.88. The molecular formula is C21H38N2O4. The zero-order valence-electron chi connectivity index (χ0n) is 17.7. The molecule has 0 unspecified atom stereocenters. The second-order valence-electron chi connectivity index (χ2n) is 7.88. The van der Waals surface area contributed by atoms with Crippen LogP contribution in [0.2, 0.25) is 0 Å². The molecule has 0 aliphatic heterocycles. The minimum absolute atomic E-state index is 0.176. The Hall–Kier alpha value is -1.34. The van der Waals surface area contributed by atoms with E-state index < -0.39 is 12.2 Å². The molecule has 6 heteroatoms. The van der Waals surface area contributed by atoms with E-state index in [2.05, 4.69) is 24.5 Å². The number of hydrogen-bond acceptors (Lipinski definition) is 6. The van der Waals surface area contributed by atoms with Crippen molar-refractivity contribution in [1.29, 1.82) is 0 Å². The van der Waals surface area contributed by atoms with Gasteiger partial charge in [0.15, 0.2) is 11.5 Å². The normalized spacial score (nSPS) is 14.0. The zero-order chi connectivity index (χ0) is 20.4. The SMILES string of the molecule is CC(C)NC[C@@H](O)COc1cccc(C(C)C)c1OC[C@H](O)CNC(C)C. The van der Waals surface area contributed by atoms with Crippen LogP contribution in [0.25, 0.3) is 0 Å². The molecule has 0 spiro atoms. The number of aliphatic hydroxyl groups is 2. The van der Waals surface area contributed by atoms with Gasteiger partial charge in [0.2, 0.25) is 0 Å². The van der Waals surface area contributed by atoms with Gasteiger partial charge in [-0.15, -0.1) is 0 Å². The average molecular weight is 383 g/mol. The largest absolute Gasteiger partial charge is 0.487 e. The highest BCUT2D eigenvalue weighted by Gasteiger charge is 2.17. The molecule has 0 fully saturated rings. The molecule has 0 amide bonds. The summed E-state index contributed by atoms with van der Waals surface area (Å²) in [6.45, 7) is 13.6. The van der Waals surface area contributed by atoms with Gasteiger partial charge >= 0.3 is 0 Å². The first-order chi connectivity index (χ1) is 12.7. The van der Waals surface area contributed by atoms with Crippen molar-refractivity contribution in [2.45, 2.75) is 71.8 Å². The van der Waals surface area contributed by atoms with Gasteiger partial charge in [-0.1, -0.05) is 53.7 Å².